The molecule has 0 aliphatic rings. The molecular formula is C13H8ClF2NO2. The molecule has 1 amide bonds. The van der Waals surface area contributed by atoms with Crippen LogP contribution in [-0.2, 0) is 0 Å². The Kier molecular flexibility index (Phi) is 3.66. The van der Waals surface area contributed by atoms with E-state index in [1.165, 1.54) is 24.3 Å². The molecule has 0 heterocycles. The number of phenolic OH excluding ortho intramolecular Hbond substituents is 1. The van der Waals surface area contributed by atoms with Gasteiger partial charge in [0.2, 0.25) is 0 Å². The zero-order chi connectivity index (χ0) is 14.0. The average Bonchev–Trinajstić information content (AvgIpc) is 2.36. The molecule has 6 heteroatoms. The lowest BCUT2D eigenvalue weighted by Gasteiger charge is -2.08. The molecule has 2 aromatic rings. The zero-order valence-electron chi connectivity index (χ0n) is 9.45. The van der Waals surface area contributed by atoms with Crippen molar-refractivity contribution in [3.63, 3.8) is 0 Å². The molecule has 0 aromatic heterocycles. The van der Waals surface area contributed by atoms with Crippen LogP contribution in [0, 0.1) is 11.6 Å². The number of carbonyl (C=O) groups is 1. The number of hydrogen-bond acceptors (Lipinski definition) is 2. The highest BCUT2D eigenvalue weighted by Gasteiger charge is 2.15. The van der Waals surface area contributed by atoms with Crippen LogP contribution in [0.5, 0.6) is 5.75 Å². The minimum atomic E-state index is -0.805. The topological polar surface area (TPSA) is 49.3 Å². The van der Waals surface area contributed by atoms with Crippen LogP contribution in [0.4, 0.5) is 14.5 Å². The van der Waals surface area contributed by atoms with E-state index >= 15 is 0 Å². The summed E-state index contributed by atoms with van der Waals surface area (Å²) in [7, 11) is 0. The summed E-state index contributed by atoms with van der Waals surface area (Å²) < 4.78 is 26.6. The number of halogens is 3. The van der Waals surface area contributed by atoms with Gasteiger partial charge in [-0.1, -0.05) is 17.7 Å². The highest BCUT2D eigenvalue weighted by molar-refractivity contribution is 6.34. The maximum absolute atomic E-state index is 13.4. The third-order valence-corrected chi connectivity index (χ3v) is 2.78. The molecule has 0 fully saturated rings. The number of carbonyl (C=O) groups excluding carboxylic acids is 1. The molecule has 0 aliphatic heterocycles. The number of benzene rings is 2. The average molecular weight is 284 g/mol. The van der Waals surface area contributed by atoms with Crippen molar-refractivity contribution in [3.8, 4) is 5.75 Å². The SMILES string of the molecule is O=C(Nc1ccc(O)cc1F)c1cccc(F)c1Cl. The molecule has 98 valence electrons. The quantitative estimate of drug-likeness (QED) is 0.828. The van der Waals surface area contributed by atoms with Crippen LogP contribution in [0.15, 0.2) is 36.4 Å². The molecular weight excluding hydrogens is 276 g/mol. The maximum Gasteiger partial charge on any atom is 0.257 e. The van der Waals surface area contributed by atoms with Crippen LogP contribution >= 0.6 is 11.6 Å². The summed E-state index contributed by atoms with van der Waals surface area (Å²) in [4.78, 5) is 11.8. The number of amides is 1. The van der Waals surface area contributed by atoms with E-state index in [1.54, 1.807) is 0 Å². The lowest BCUT2D eigenvalue weighted by molar-refractivity contribution is 0.102. The standard InChI is InChI=1S/C13H8ClF2NO2/c14-12-8(2-1-3-9(12)15)13(19)17-11-5-4-7(18)6-10(11)16/h1-6,18H,(H,17,19). The minimum Gasteiger partial charge on any atom is -0.508 e. The maximum atomic E-state index is 13.4. The molecule has 0 saturated heterocycles. The third-order valence-electron chi connectivity index (χ3n) is 2.40. The zero-order valence-corrected chi connectivity index (χ0v) is 10.2. The molecule has 0 saturated carbocycles. The first-order valence-electron chi connectivity index (χ1n) is 5.23. The van der Waals surface area contributed by atoms with E-state index in [0.29, 0.717) is 0 Å². The smallest absolute Gasteiger partial charge is 0.257 e. The summed E-state index contributed by atoms with van der Waals surface area (Å²) in [5.41, 5.74) is -0.239. The van der Waals surface area contributed by atoms with Crippen LogP contribution in [-0.4, -0.2) is 11.0 Å². The summed E-state index contributed by atoms with van der Waals surface area (Å²) in [6.45, 7) is 0. The summed E-state index contributed by atoms with van der Waals surface area (Å²) in [5.74, 6) is -2.55. The predicted octanol–water partition coefficient (Wildman–Crippen LogP) is 3.58. The van der Waals surface area contributed by atoms with E-state index in [0.717, 1.165) is 12.1 Å². The number of aromatic hydroxyl groups is 1. The Morgan fingerprint density at radius 1 is 1.16 bits per heavy atom. The van der Waals surface area contributed by atoms with Crippen molar-refractivity contribution in [3.05, 3.63) is 58.6 Å². The Hall–Kier alpha value is -2.14. The van der Waals surface area contributed by atoms with Gasteiger partial charge in [-0.25, -0.2) is 8.78 Å². The second-order valence-electron chi connectivity index (χ2n) is 3.72. The van der Waals surface area contributed by atoms with Crippen LogP contribution in [0.1, 0.15) is 10.4 Å². The fourth-order valence-corrected chi connectivity index (χ4v) is 1.69. The van der Waals surface area contributed by atoms with Gasteiger partial charge >= 0.3 is 0 Å². The highest BCUT2D eigenvalue weighted by atomic mass is 35.5. The molecule has 0 spiro atoms. The fourth-order valence-electron chi connectivity index (χ4n) is 1.47. The van der Waals surface area contributed by atoms with Gasteiger partial charge in [0.1, 0.15) is 17.4 Å². The second-order valence-corrected chi connectivity index (χ2v) is 4.10. The van der Waals surface area contributed by atoms with Gasteiger partial charge in [-0.15, -0.1) is 0 Å². The molecule has 0 unspecified atom stereocenters. The fraction of sp³-hybridized carbons (Fsp3) is 0. The Bertz CT molecular complexity index is 647. The van der Waals surface area contributed by atoms with Gasteiger partial charge in [0.05, 0.1) is 16.3 Å². The van der Waals surface area contributed by atoms with E-state index < -0.39 is 17.5 Å². The summed E-state index contributed by atoms with van der Waals surface area (Å²) in [6, 6.07) is 7.01. The first-order valence-corrected chi connectivity index (χ1v) is 5.60. The molecule has 0 aliphatic carbocycles. The van der Waals surface area contributed by atoms with Crippen LogP contribution < -0.4 is 5.32 Å². The van der Waals surface area contributed by atoms with Crippen LogP contribution in [0.2, 0.25) is 5.02 Å². The van der Waals surface area contributed by atoms with Crippen molar-refractivity contribution in [1.29, 1.82) is 0 Å². The molecule has 0 atom stereocenters. The van der Waals surface area contributed by atoms with Crippen molar-refractivity contribution >= 4 is 23.2 Å². The van der Waals surface area contributed by atoms with Crippen molar-refractivity contribution in [1.82, 2.24) is 0 Å². The second kappa shape index (κ2) is 5.24. The van der Waals surface area contributed by atoms with Crippen molar-refractivity contribution < 1.29 is 18.7 Å². The Balaban J connectivity index is 2.28. The molecule has 2 rings (SSSR count). The molecule has 3 nitrogen and oxygen atoms in total. The first kappa shape index (κ1) is 13.3. The van der Waals surface area contributed by atoms with Gasteiger partial charge in [-0.2, -0.15) is 0 Å². The predicted molar refractivity (Wildman–Crippen MR) is 67.4 cm³/mol. The molecule has 0 bridgehead atoms. The number of anilines is 1. The number of nitrogens with one attached hydrogen (secondary N) is 1. The van der Waals surface area contributed by atoms with Crippen molar-refractivity contribution in [2.45, 2.75) is 0 Å². The normalized spacial score (nSPS) is 10.3. The van der Waals surface area contributed by atoms with Gasteiger partial charge in [0.25, 0.3) is 5.91 Å². The molecule has 19 heavy (non-hydrogen) atoms. The van der Waals surface area contributed by atoms with E-state index in [9.17, 15) is 13.6 Å². The van der Waals surface area contributed by atoms with Gasteiger partial charge in [0.15, 0.2) is 0 Å². The van der Waals surface area contributed by atoms with Gasteiger partial charge in [-0.3, -0.25) is 4.79 Å². The lowest BCUT2D eigenvalue weighted by atomic mass is 10.2. The first-order chi connectivity index (χ1) is 8.99. The number of hydrogen-bond donors (Lipinski definition) is 2. The minimum absolute atomic E-state index is 0.103. The van der Waals surface area contributed by atoms with Crippen LogP contribution in [0.3, 0.4) is 0 Å². The van der Waals surface area contributed by atoms with E-state index in [-0.39, 0.29) is 22.0 Å². The Morgan fingerprint density at radius 2 is 1.89 bits per heavy atom. The van der Waals surface area contributed by atoms with Crippen molar-refractivity contribution in [2.24, 2.45) is 0 Å². The largest absolute Gasteiger partial charge is 0.508 e. The van der Waals surface area contributed by atoms with Gasteiger partial charge in [-0.05, 0) is 24.3 Å². The Labute approximate surface area is 112 Å². The monoisotopic (exact) mass is 283 g/mol. The third kappa shape index (κ3) is 2.82. The molecule has 2 aromatic carbocycles. The van der Waals surface area contributed by atoms with Crippen molar-refractivity contribution in [2.75, 3.05) is 5.32 Å². The molecule has 2 N–H and O–H groups in total. The van der Waals surface area contributed by atoms with E-state index in [1.807, 2.05) is 0 Å². The number of rotatable bonds is 2. The molecule has 0 radical (unpaired) electrons. The summed E-state index contributed by atoms with van der Waals surface area (Å²) in [5, 5.41) is 11.0. The van der Waals surface area contributed by atoms with Gasteiger partial charge in [0, 0.05) is 6.07 Å². The van der Waals surface area contributed by atoms with Gasteiger partial charge < -0.3 is 10.4 Å². The highest BCUT2D eigenvalue weighted by Crippen LogP contribution is 2.23. The van der Waals surface area contributed by atoms with Crippen LogP contribution in [0.25, 0.3) is 0 Å². The lowest BCUT2D eigenvalue weighted by Crippen LogP contribution is -2.13. The van der Waals surface area contributed by atoms with E-state index in [2.05, 4.69) is 5.32 Å². The summed E-state index contributed by atoms with van der Waals surface area (Å²) >= 11 is 5.65. The summed E-state index contributed by atoms with van der Waals surface area (Å²) in [6.07, 6.45) is 0. The number of phenols is 1. The van der Waals surface area contributed by atoms with E-state index in [4.69, 9.17) is 16.7 Å². The Morgan fingerprint density at radius 3 is 2.58 bits per heavy atom.